The molecule has 0 unspecified atom stereocenters. The predicted molar refractivity (Wildman–Crippen MR) is 105 cm³/mol. The summed E-state index contributed by atoms with van der Waals surface area (Å²) in [6.45, 7) is 6.01. The summed E-state index contributed by atoms with van der Waals surface area (Å²) in [6.07, 6.45) is 1.72. The summed E-state index contributed by atoms with van der Waals surface area (Å²) in [5.41, 5.74) is 5.41. The Morgan fingerprint density at radius 1 is 1.07 bits per heavy atom. The molecular formula is C20H18N4O2S. The molecule has 0 spiro atoms. The highest BCUT2D eigenvalue weighted by Crippen LogP contribution is 2.26. The average Bonchev–Trinajstić information content (AvgIpc) is 3.09. The molecule has 6 nitrogen and oxygen atoms in total. The summed E-state index contributed by atoms with van der Waals surface area (Å²) in [5.74, 6) is 0.973. The van der Waals surface area contributed by atoms with Crippen molar-refractivity contribution in [2.24, 2.45) is 0 Å². The first kappa shape index (κ1) is 17.5. The molecule has 0 amide bonds. The van der Waals surface area contributed by atoms with Gasteiger partial charge in [-0.3, -0.25) is 9.20 Å². The molecule has 0 aliphatic heterocycles. The molecule has 4 aromatic rings. The van der Waals surface area contributed by atoms with E-state index in [0.717, 1.165) is 22.3 Å². The van der Waals surface area contributed by atoms with E-state index in [4.69, 9.17) is 4.42 Å². The van der Waals surface area contributed by atoms with Crippen LogP contribution in [0.2, 0.25) is 0 Å². The van der Waals surface area contributed by atoms with Crippen molar-refractivity contribution in [3.05, 3.63) is 75.3 Å². The van der Waals surface area contributed by atoms with Gasteiger partial charge in [-0.25, -0.2) is 4.98 Å². The second-order valence-corrected chi connectivity index (χ2v) is 7.44. The number of nitrogens with zero attached hydrogens (tertiary/aromatic N) is 4. The molecule has 1 aromatic carbocycles. The van der Waals surface area contributed by atoms with E-state index in [1.54, 1.807) is 16.7 Å². The summed E-state index contributed by atoms with van der Waals surface area (Å²) >= 11 is 1.37. The fourth-order valence-corrected chi connectivity index (χ4v) is 3.66. The minimum absolute atomic E-state index is 0.0965. The fraction of sp³-hybridized carbons (Fsp3) is 0.200. The maximum atomic E-state index is 12.3. The van der Waals surface area contributed by atoms with Crippen molar-refractivity contribution in [1.82, 2.24) is 19.6 Å². The van der Waals surface area contributed by atoms with Gasteiger partial charge in [0.25, 0.3) is 10.8 Å². The lowest BCUT2D eigenvalue weighted by Gasteiger charge is -2.05. The van der Waals surface area contributed by atoms with Gasteiger partial charge in [0.15, 0.2) is 0 Å². The van der Waals surface area contributed by atoms with E-state index in [1.165, 1.54) is 11.8 Å². The van der Waals surface area contributed by atoms with Gasteiger partial charge in [0.1, 0.15) is 5.65 Å². The maximum Gasteiger partial charge on any atom is 0.277 e. The van der Waals surface area contributed by atoms with Gasteiger partial charge < -0.3 is 4.42 Å². The lowest BCUT2D eigenvalue weighted by atomic mass is 10.1. The molecule has 0 saturated heterocycles. The molecule has 0 aliphatic rings. The summed E-state index contributed by atoms with van der Waals surface area (Å²) in [6, 6.07) is 11.5. The van der Waals surface area contributed by atoms with Gasteiger partial charge in [-0.05, 0) is 44.5 Å². The molecule has 0 fully saturated rings. The van der Waals surface area contributed by atoms with Crippen LogP contribution in [0.15, 0.2) is 57.0 Å². The van der Waals surface area contributed by atoms with Gasteiger partial charge in [0.05, 0.1) is 5.69 Å². The van der Waals surface area contributed by atoms with Crippen molar-refractivity contribution in [2.45, 2.75) is 31.7 Å². The van der Waals surface area contributed by atoms with Crippen LogP contribution in [0.5, 0.6) is 0 Å². The van der Waals surface area contributed by atoms with Crippen LogP contribution in [-0.4, -0.2) is 19.6 Å². The molecule has 7 heteroatoms. The largest absolute Gasteiger partial charge is 0.411 e. The van der Waals surface area contributed by atoms with Crippen molar-refractivity contribution in [1.29, 1.82) is 0 Å². The minimum atomic E-state index is -0.0965. The lowest BCUT2D eigenvalue weighted by molar-refractivity contribution is 0.465. The normalized spacial score (nSPS) is 11.2. The molecular weight excluding hydrogens is 360 g/mol. The van der Waals surface area contributed by atoms with Crippen molar-refractivity contribution >= 4 is 17.4 Å². The lowest BCUT2D eigenvalue weighted by Crippen LogP contribution is -2.15. The number of rotatable bonds is 4. The van der Waals surface area contributed by atoms with Crippen LogP contribution in [0, 0.1) is 20.8 Å². The molecule has 3 heterocycles. The van der Waals surface area contributed by atoms with Crippen LogP contribution in [0.3, 0.4) is 0 Å². The van der Waals surface area contributed by atoms with Gasteiger partial charge in [-0.1, -0.05) is 35.0 Å². The average molecular weight is 378 g/mol. The molecule has 0 atom stereocenters. The van der Waals surface area contributed by atoms with Gasteiger partial charge in [0.2, 0.25) is 5.89 Å². The zero-order chi connectivity index (χ0) is 19.0. The van der Waals surface area contributed by atoms with Gasteiger partial charge >= 0.3 is 0 Å². The first-order valence-corrected chi connectivity index (χ1v) is 9.51. The smallest absolute Gasteiger partial charge is 0.277 e. The van der Waals surface area contributed by atoms with Gasteiger partial charge in [-0.2, -0.15) is 0 Å². The van der Waals surface area contributed by atoms with Crippen LogP contribution in [0.25, 0.3) is 17.1 Å². The Morgan fingerprint density at radius 3 is 2.63 bits per heavy atom. The third-order valence-corrected chi connectivity index (χ3v) is 5.01. The zero-order valence-electron chi connectivity index (χ0n) is 15.3. The molecule has 0 N–H and O–H groups in total. The molecule has 27 heavy (non-hydrogen) atoms. The van der Waals surface area contributed by atoms with Gasteiger partial charge in [0, 0.05) is 23.6 Å². The Balaban J connectivity index is 1.56. The first-order chi connectivity index (χ1) is 13.0. The first-order valence-electron chi connectivity index (χ1n) is 8.52. The fourth-order valence-electron chi connectivity index (χ4n) is 3.00. The second-order valence-electron chi connectivity index (χ2n) is 6.51. The molecule has 3 aromatic heterocycles. The molecule has 4 rings (SSSR count). The van der Waals surface area contributed by atoms with Crippen LogP contribution < -0.4 is 5.56 Å². The quantitative estimate of drug-likeness (QED) is 0.501. The SMILES string of the molecule is Cc1cc(C)cc(-c2nnc(SCc3cc(=O)n4cccc(C)c4n3)o2)c1. The standard InChI is InChI=1S/C20H18N4O2S/c1-12-7-13(2)9-15(8-12)19-22-23-20(26-19)27-11-16-10-17(25)24-6-4-5-14(3)18(24)21-16/h4-10H,11H2,1-3H3. The summed E-state index contributed by atoms with van der Waals surface area (Å²) in [7, 11) is 0. The topological polar surface area (TPSA) is 73.3 Å². The number of hydrogen-bond donors (Lipinski definition) is 0. The van der Waals surface area contributed by atoms with E-state index in [-0.39, 0.29) is 5.56 Å². The van der Waals surface area contributed by atoms with Crippen LogP contribution in [-0.2, 0) is 5.75 Å². The van der Waals surface area contributed by atoms with E-state index in [0.29, 0.717) is 28.2 Å². The molecule has 0 bridgehead atoms. The van der Waals surface area contributed by atoms with Crippen molar-refractivity contribution in [2.75, 3.05) is 0 Å². The predicted octanol–water partition coefficient (Wildman–Crippen LogP) is 3.96. The van der Waals surface area contributed by atoms with E-state index < -0.39 is 0 Å². The van der Waals surface area contributed by atoms with Crippen molar-refractivity contribution in [3.63, 3.8) is 0 Å². The number of pyridine rings is 1. The van der Waals surface area contributed by atoms with Crippen molar-refractivity contribution < 1.29 is 4.42 Å². The Labute approximate surface area is 160 Å². The molecule has 0 aliphatic carbocycles. The van der Waals surface area contributed by atoms with E-state index in [1.807, 2.05) is 45.0 Å². The Morgan fingerprint density at radius 2 is 1.85 bits per heavy atom. The highest BCUT2D eigenvalue weighted by Gasteiger charge is 2.11. The van der Waals surface area contributed by atoms with Gasteiger partial charge in [-0.15, -0.1) is 10.2 Å². The number of aromatic nitrogens is 4. The summed E-state index contributed by atoms with van der Waals surface area (Å²) in [4.78, 5) is 16.9. The van der Waals surface area contributed by atoms with E-state index in [2.05, 4.69) is 21.2 Å². The van der Waals surface area contributed by atoms with Crippen molar-refractivity contribution in [3.8, 4) is 11.5 Å². The number of hydrogen-bond acceptors (Lipinski definition) is 6. The number of benzene rings is 1. The monoisotopic (exact) mass is 378 g/mol. The van der Waals surface area contributed by atoms with Crippen LogP contribution >= 0.6 is 11.8 Å². The highest BCUT2D eigenvalue weighted by molar-refractivity contribution is 7.98. The third-order valence-electron chi connectivity index (χ3n) is 4.16. The summed E-state index contributed by atoms with van der Waals surface area (Å²) in [5, 5.41) is 8.70. The molecule has 0 saturated carbocycles. The third kappa shape index (κ3) is 3.64. The van der Waals surface area contributed by atoms with E-state index in [9.17, 15) is 4.79 Å². The Bertz CT molecular complexity index is 1180. The maximum absolute atomic E-state index is 12.3. The number of aryl methyl sites for hydroxylation is 3. The Hall–Kier alpha value is -2.93. The summed E-state index contributed by atoms with van der Waals surface area (Å²) < 4.78 is 7.32. The van der Waals surface area contributed by atoms with E-state index >= 15 is 0 Å². The zero-order valence-corrected chi connectivity index (χ0v) is 16.1. The number of fused-ring (bicyclic) bond motifs is 1. The minimum Gasteiger partial charge on any atom is -0.411 e. The van der Waals surface area contributed by atoms with Crippen LogP contribution in [0.1, 0.15) is 22.4 Å². The highest BCUT2D eigenvalue weighted by atomic mass is 32.2. The molecule has 0 radical (unpaired) electrons. The number of thioether (sulfide) groups is 1. The Kier molecular flexibility index (Phi) is 4.53. The molecule has 136 valence electrons. The second kappa shape index (κ2) is 7.00. The van der Waals surface area contributed by atoms with Crippen LogP contribution in [0.4, 0.5) is 0 Å².